The normalized spacial score (nSPS) is 10.3. The first-order valence-corrected chi connectivity index (χ1v) is 5.88. The lowest BCUT2D eigenvalue weighted by Gasteiger charge is -2.10. The van der Waals surface area contributed by atoms with Crippen molar-refractivity contribution in [3.63, 3.8) is 0 Å². The van der Waals surface area contributed by atoms with Gasteiger partial charge in [0.1, 0.15) is 12.4 Å². The Morgan fingerprint density at radius 2 is 1.72 bits per heavy atom. The molecular weight excluding hydrogens is 226 g/mol. The predicted molar refractivity (Wildman–Crippen MR) is 73.7 cm³/mol. The van der Waals surface area contributed by atoms with Gasteiger partial charge in [0.05, 0.1) is 12.3 Å². The number of methoxy groups -OCH3 is 1. The first-order valence-electron chi connectivity index (χ1n) is 5.88. The smallest absolute Gasteiger partial charge is 0.142 e. The molecule has 0 amide bonds. The molecule has 0 spiro atoms. The van der Waals surface area contributed by atoms with E-state index >= 15 is 0 Å². The Bertz CT molecular complexity index is 497. The van der Waals surface area contributed by atoms with E-state index in [1.54, 1.807) is 7.11 Å². The quantitative estimate of drug-likeness (QED) is 0.648. The van der Waals surface area contributed by atoms with Crippen molar-refractivity contribution in [2.45, 2.75) is 0 Å². The number of ether oxygens (including phenoxy) is 2. The van der Waals surface area contributed by atoms with Crippen LogP contribution < -0.4 is 10.5 Å². The maximum atomic E-state index is 5.98. The van der Waals surface area contributed by atoms with Crippen LogP contribution in [0.1, 0.15) is 0 Å². The molecule has 0 saturated heterocycles. The van der Waals surface area contributed by atoms with E-state index in [4.69, 9.17) is 15.2 Å². The molecular formula is C15H17NO2. The summed E-state index contributed by atoms with van der Waals surface area (Å²) in [6, 6.07) is 16.0. The van der Waals surface area contributed by atoms with Crippen LogP contribution in [0, 0.1) is 0 Å². The standard InChI is InChI=1S/C15H17NO2/c1-17-9-10-18-15-8-7-13(11-14(15)16)12-5-3-2-4-6-12/h2-8,11H,9-10,16H2,1H3. The highest BCUT2D eigenvalue weighted by atomic mass is 16.5. The second kappa shape index (κ2) is 6.07. The lowest BCUT2D eigenvalue weighted by Crippen LogP contribution is -2.05. The van der Waals surface area contributed by atoms with E-state index in [0.717, 1.165) is 11.1 Å². The van der Waals surface area contributed by atoms with Gasteiger partial charge in [0.25, 0.3) is 0 Å². The average molecular weight is 243 g/mol. The Balaban J connectivity index is 2.15. The van der Waals surface area contributed by atoms with Gasteiger partial charge in [0, 0.05) is 7.11 Å². The van der Waals surface area contributed by atoms with Gasteiger partial charge in [-0.15, -0.1) is 0 Å². The topological polar surface area (TPSA) is 44.5 Å². The number of hydrogen-bond acceptors (Lipinski definition) is 3. The summed E-state index contributed by atoms with van der Waals surface area (Å²) in [5.74, 6) is 0.701. The maximum Gasteiger partial charge on any atom is 0.142 e. The summed E-state index contributed by atoms with van der Waals surface area (Å²) in [6.07, 6.45) is 0. The van der Waals surface area contributed by atoms with Crippen molar-refractivity contribution in [2.24, 2.45) is 0 Å². The molecule has 0 aromatic heterocycles. The molecule has 94 valence electrons. The number of hydrogen-bond donors (Lipinski definition) is 1. The second-order valence-corrected chi connectivity index (χ2v) is 3.96. The van der Waals surface area contributed by atoms with E-state index in [0.29, 0.717) is 24.7 Å². The van der Waals surface area contributed by atoms with Crippen LogP contribution in [-0.4, -0.2) is 20.3 Å². The van der Waals surface area contributed by atoms with Crippen molar-refractivity contribution in [3.8, 4) is 16.9 Å². The van der Waals surface area contributed by atoms with E-state index in [2.05, 4.69) is 12.1 Å². The first-order chi connectivity index (χ1) is 8.81. The van der Waals surface area contributed by atoms with Gasteiger partial charge in [0.2, 0.25) is 0 Å². The summed E-state index contributed by atoms with van der Waals surface area (Å²) in [4.78, 5) is 0. The van der Waals surface area contributed by atoms with Crippen LogP contribution in [0.2, 0.25) is 0 Å². The molecule has 18 heavy (non-hydrogen) atoms. The molecule has 0 aliphatic carbocycles. The number of rotatable bonds is 5. The zero-order chi connectivity index (χ0) is 12.8. The second-order valence-electron chi connectivity index (χ2n) is 3.96. The van der Waals surface area contributed by atoms with Crippen LogP contribution >= 0.6 is 0 Å². The summed E-state index contributed by atoms with van der Waals surface area (Å²) in [6.45, 7) is 1.06. The molecule has 0 bridgehead atoms. The molecule has 0 aliphatic heterocycles. The van der Waals surface area contributed by atoms with Crippen molar-refractivity contribution in [3.05, 3.63) is 48.5 Å². The van der Waals surface area contributed by atoms with Gasteiger partial charge in [0.15, 0.2) is 0 Å². The summed E-state index contributed by atoms with van der Waals surface area (Å²) < 4.78 is 10.4. The first kappa shape index (κ1) is 12.5. The lowest BCUT2D eigenvalue weighted by atomic mass is 10.1. The zero-order valence-corrected chi connectivity index (χ0v) is 10.4. The van der Waals surface area contributed by atoms with Crippen molar-refractivity contribution in [1.29, 1.82) is 0 Å². The number of nitrogens with two attached hydrogens (primary N) is 1. The Morgan fingerprint density at radius 1 is 0.944 bits per heavy atom. The third-order valence-electron chi connectivity index (χ3n) is 2.66. The Labute approximate surface area is 107 Å². The molecule has 2 N–H and O–H groups in total. The molecule has 0 unspecified atom stereocenters. The fourth-order valence-corrected chi connectivity index (χ4v) is 1.73. The minimum atomic E-state index is 0.505. The van der Waals surface area contributed by atoms with Crippen molar-refractivity contribution >= 4 is 5.69 Å². The van der Waals surface area contributed by atoms with Gasteiger partial charge >= 0.3 is 0 Å². The van der Waals surface area contributed by atoms with Gasteiger partial charge in [-0.05, 0) is 23.3 Å². The highest BCUT2D eigenvalue weighted by molar-refractivity contribution is 5.70. The van der Waals surface area contributed by atoms with E-state index in [1.807, 2.05) is 36.4 Å². The van der Waals surface area contributed by atoms with Gasteiger partial charge in [-0.25, -0.2) is 0 Å². The monoisotopic (exact) mass is 243 g/mol. The van der Waals surface area contributed by atoms with Crippen LogP contribution in [0.5, 0.6) is 5.75 Å². The third-order valence-corrected chi connectivity index (χ3v) is 2.66. The minimum absolute atomic E-state index is 0.505. The van der Waals surface area contributed by atoms with Gasteiger partial charge in [-0.2, -0.15) is 0 Å². The average Bonchev–Trinajstić information content (AvgIpc) is 2.42. The van der Waals surface area contributed by atoms with Gasteiger partial charge in [-0.3, -0.25) is 0 Å². The number of benzene rings is 2. The molecule has 2 aromatic carbocycles. The van der Waals surface area contributed by atoms with Crippen LogP contribution in [0.3, 0.4) is 0 Å². The maximum absolute atomic E-state index is 5.98. The molecule has 0 heterocycles. The van der Waals surface area contributed by atoms with Gasteiger partial charge < -0.3 is 15.2 Å². The Kier molecular flexibility index (Phi) is 4.20. The predicted octanol–water partition coefficient (Wildman–Crippen LogP) is 2.96. The van der Waals surface area contributed by atoms with E-state index in [1.165, 1.54) is 0 Å². The molecule has 2 aromatic rings. The summed E-state index contributed by atoms with van der Waals surface area (Å²) in [7, 11) is 1.64. The van der Waals surface area contributed by atoms with E-state index in [-0.39, 0.29) is 0 Å². The number of nitrogen functional groups attached to an aromatic ring is 1. The molecule has 0 radical (unpaired) electrons. The highest BCUT2D eigenvalue weighted by Gasteiger charge is 2.03. The fourth-order valence-electron chi connectivity index (χ4n) is 1.73. The summed E-state index contributed by atoms with van der Waals surface area (Å²) in [5, 5.41) is 0. The largest absolute Gasteiger partial charge is 0.489 e. The molecule has 0 saturated carbocycles. The Hall–Kier alpha value is -2.00. The van der Waals surface area contributed by atoms with E-state index < -0.39 is 0 Å². The number of anilines is 1. The molecule has 0 aliphatic rings. The molecule has 3 nitrogen and oxygen atoms in total. The molecule has 0 atom stereocenters. The molecule has 2 rings (SSSR count). The molecule has 3 heteroatoms. The van der Waals surface area contributed by atoms with Crippen LogP contribution in [-0.2, 0) is 4.74 Å². The van der Waals surface area contributed by atoms with E-state index in [9.17, 15) is 0 Å². The SMILES string of the molecule is COCCOc1ccc(-c2ccccc2)cc1N. The summed E-state index contributed by atoms with van der Waals surface area (Å²) in [5.41, 5.74) is 8.86. The Morgan fingerprint density at radius 3 is 2.39 bits per heavy atom. The lowest BCUT2D eigenvalue weighted by molar-refractivity contribution is 0.147. The van der Waals surface area contributed by atoms with Gasteiger partial charge in [-0.1, -0.05) is 36.4 Å². The van der Waals surface area contributed by atoms with Crippen molar-refractivity contribution in [2.75, 3.05) is 26.1 Å². The third kappa shape index (κ3) is 3.02. The van der Waals surface area contributed by atoms with Crippen LogP contribution in [0.15, 0.2) is 48.5 Å². The molecule has 0 fully saturated rings. The zero-order valence-electron chi connectivity index (χ0n) is 10.4. The van der Waals surface area contributed by atoms with Crippen LogP contribution in [0.25, 0.3) is 11.1 Å². The minimum Gasteiger partial charge on any atom is -0.489 e. The summed E-state index contributed by atoms with van der Waals surface area (Å²) >= 11 is 0. The van der Waals surface area contributed by atoms with Crippen molar-refractivity contribution < 1.29 is 9.47 Å². The highest BCUT2D eigenvalue weighted by Crippen LogP contribution is 2.28. The van der Waals surface area contributed by atoms with Crippen LogP contribution in [0.4, 0.5) is 5.69 Å². The fraction of sp³-hybridized carbons (Fsp3) is 0.200. The van der Waals surface area contributed by atoms with Crippen molar-refractivity contribution in [1.82, 2.24) is 0 Å².